The molecule has 1 saturated heterocycles. The maximum absolute atomic E-state index is 6.25. The van der Waals surface area contributed by atoms with Crippen LogP contribution in [0.4, 0.5) is 0 Å². The third kappa shape index (κ3) is 3.61. The zero-order valence-corrected chi connectivity index (χ0v) is 15.3. The minimum Gasteiger partial charge on any atom is -0.368 e. The Hall–Kier alpha value is 0.0200. The average Bonchev–Trinajstić information content (AvgIpc) is 2.41. The van der Waals surface area contributed by atoms with Gasteiger partial charge in [-0.15, -0.1) is 0 Å². The van der Waals surface area contributed by atoms with E-state index in [0.29, 0.717) is 29.5 Å². The fraction of sp³-hybridized carbons (Fsp3) is 0.714. The van der Waals surface area contributed by atoms with Crippen LogP contribution < -0.4 is 0 Å². The molecule has 0 saturated carbocycles. The number of rotatable bonds is 3. The molecular weight excluding hydrogens is 389 g/mol. The fourth-order valence-corrected chi connectivity index (χ4v) is 3.32. The molecule has 2 rings (SSSR count). The number of aromatic nitrogens is 2. The van der Waals surface area contributed by atoms with E-state index in [2.05, 4.69) is 60.2 Å². The third-order valence-corrected chi connectivity index (χ3v) is 5.17. The van der Waals surface area contributed by atoms with Gasteiger partial charge in [-0.1, -0.05) is 25.4 Å². The Morgan fingerprint density at radius 1 is 1.30 bits per heavy atom. The lowest BCUT2D eigenvalue weighted by molar-refractivity contribution is -0.0444. The first-order chi connectivity index (χ1) is 9.40. The van der Waals surface area contributed by atoms with Crippen LogP contribution in [0.5, 0.6) is 0 Å². The lowest BCUT2D eigenvalue weighted by Crippen LogP contribution is -2.42. The van der Waals surface area contributed by atoms with Gasteiger partial charge in [0, 0.05) is 19.1 Å². The molecule has 1 unspecified atom stereocenters. The van der Waals surface area contributed by atoms with Crippen LogP contribution in [0.1, 0.15) is 51.2 Å². The molecule has 112 valence electrons. The summed E-state index contributed by atoms with van der Waals surface area (Å²) in [5.41, 5.74) is 1.01. The first-order valence-corrected chi connectivity index (χ1v) is 8.44. The van der Waals surface area contributed by atoms with Crippen molar-refractivity contribution in [2.75, 3.05) is 19.7 Å². The van der Waals surface area contributed by atoms with Crippen molar-refractivity contribution in [1.29, 1.82) is 0 Å². The molecule has 6 heteroatoms. The fourth-order valence-electron chi connectivity index (χ4n) is 2.27. The van der Waals surface area contributed by atoms with E-state index in [1.165, 1.54) is 0 Å². The van der Waals surface area contributed by atoms with E-state index in [4.69, 9.17) is 21.3 Å². The maximum atomic E-state index is 6.25. The van der Waals surface area contributed by atoms with Crippen molar-refractivity contribution in [2.45, 2.75) is 45.8 Å². The summed E-state index contributed by atoms with van der Waals surface area (Å²) in [5.74, 6) is 1.04. The number of halogens is 2. The van der Waals surface area contributed by atoms with Crippen LogP contribution in [0.25, 0.3) is 0 Å². The zero-order valence-electron chi connectivity index (χ0n) is 12.4. The molecule has 1 fully saturated rings. The molecule has 0 amide bonds. The van der Waals surface area contributed by atoms with E-state index in [0.717, 1.165) is 22.4 Å². The molecule has 0 aromatic carbocycles. The zero-order chi connectivity index (χ0) is 14.9. The summed E-state index contributed by atoms with van der Waals surface area (Å²) in [6.07, 6.45) is -0.0850. The molecule has 0 radical (unpaired) electrons. The minimum atomic E-state index is -0.0850. The van der Waals surface area contributed by atoms with Crippen molar-refractivity contribution >= 4 is 34.2 Å². The summed E-state index contributed by atoms with van der Waals surface area (Å²) >= 11 is 8.47. The third-order valence-electron chi connectivity index (χ3n) is 3.52. The molecule has 1 aromatic heterocycles. The van der Waals surface area contributed by atoms with E-state index < -0.39 is 0 Å². The van der Waals surface area contributed by atoms with Crippen LogP contribution in [0, 0.1) is 3.57 Å². The second-order valence-electron chi connectivity index (χ2n) is 5.67. The van der Waals surface area contributed by atoms with Crippen LogP contribution in [-0.2, 0) is 4.74 Å². The van der Waals surface area contributed by atoms with E-state index in [1.807, 2.05) is 0 Å². The monoisotopic (exact) mass is 409 g/mol. The van der Waals surface area contributed by atoms with Gasteiger partial charge >= 0.3 is 0 Å². The predicted molar refractivity (Wildman–Crippen MR) is 89.3 cm³/mol. The molecule has 1 aliphatic rings. The van der Waals surface area contributed by atoms with Crippen molar-refractivity contribution in [3.8, 4) is 0 Å². The van der Waals surface area contributed by atoms with Crippen LogP contribution in [0.15, 0.2) is 0 Å². The van der Waals surface area contributed by atoms with Crippen molar-refractivity contribution < 1.29 is 4.74 Å². The number of morpholine rings is 1. The van der Waals surface area contributed by atoms with Gasteiger partial charge in [-0.3, -0.25) is 4.90 Å². The van der Waals surface area contributed by atoms with E-state index in [9.17, 15) is 0 Å². The first-order valence-electron chi connectivity index (χ1n) is 6.98. The minimum absolute atomic E-state index is 0.0850. The molecule has 0 bridgehead atoms. The largest absolute Gasteiger partial charge is 0.368 e. The van der Waals surface area contributed by atoms with Crippen molar-refractivity contribution in [3.63, 3.8) is 0 Å². The molecule has 1 aliphatic heterocycles. The highest BCUT2D eigenvalue weighted by Gasteiger charge is 2.27. The number of hydrogen-bond donors (Lipinski definition) is 0. The summed E-state index contributed by atoms with van der Waals surface area (Å²) in [5, 5.41) is 0.532. The SMILES string of the molecule is CC(C)c1nc(C2CN(C(C)C)CCO2)nc(Cl)c1I. The Balaban J connectivity index is 2.28. The van der Waals surface area contributed by atoms with Crippen LogP contribution in [-0.4, -0.2) is 40.6 Å². The molecule has 0 N–H and O–H groups in total. The van der Waals surface area contributed by atoms with Crippen LogP contribution >= 0.6 is 34.2 Å². The lowest BCUT2D eigenvalue weighted by atomic mass is 10.1. The number of ether oxygens (including phenoxy) is 1. The standard InChI is InChI=1S/C14H21ClIN3O/c1-8(2)12-11(16)13(15)18-14(17-12)10-7-19(9(3)4)5-6-20-10/h8-10H,5-7H2,1-4H3. The van der Waals surface area contributed by atoms with Gasteiger partial charge in [0.2, 0.25) is 0 Å². The van der Waals surface area contributed by atoms with Crippen LogP contribution in [0.3, 0.4) is 0 Å². The molecule has 4 nitrogen and oxygen atoms in total. The second-order valence-corrected chi connectivity index (χ2v) is 7.11. The highest BCUT2D eigenvalue weighted by atomic mass is 127. The Morgan fingerprint density at radius 3 is 2.60 bits per heavy atom. The molecule has 1 aromatic rings. The molecule has 20 heavy (non-hydrogen) atoms. The van der Waals surface area contributed by atoms with Crippen molar-refractivity contribution in [2.24, 2.45) is 0 Å². The summed E-state index contributed by atoms with van der Waals surface area (Å²) in [6, 6.07) is 0.505. The summed E-state index contributed by atoms with van der Waals surface area (Å²) in [7, 11) is 0. The first kappa shape index (κ1) is 16.4. The average molecular weight is 410 g/mol. The van der Waals surface area contributed by atoms with Gasteiger partial charge in [-0.05, 0) is 42.4 Å². The van der Waals surface area contributed by atoms with E-state index in [-0.39, 0.29) is 6.10 Å². The van der Waals surface area contributed by atoms with Gasteiger partial charge in [0.1, 0.15) is 11.3 Å². The van der Waals surface area contributed by atoms with Gasteiger partial charge in [-0.2, -0.15) is 0 Å². The summed E-state index contributed by atoms with van der Waals surface area (Å²) in [6.45, 7) is 11.1. The van der Waals surface area contributed by atoms with Gasteiger partial charge in [0.25, 0.3) is 0 Å². The number of nitrogens with zero attached hydrogens (tertiary/aromatic N) is 3. The Morgan fingerprint density at radius 2 is 2.00 bits per heavy atom. The van der Waals surface area contributed by atoms with Gasteiger partial charge in [0.05, 0.1) is 15.9 Å². The number of hydrogen-bond acceptors (Lipinski definition) is 4. The van der Waals surface area contributed by atoms with Gasteiger partial charge < -0.3 is 4.74 Å². The molecule has 0 aliphatic carbocycles. The summed E-state index contributed by atoms with van der Waals surface area (Å²) < 4.78 is 6.79. The van der Waals surface area contributed by atoms with Crippen LogP contribution in [0.2, 0.25) is 5.15 Å². The Kier molecular flexibility index (Phi) is 5.62. The van der Waals surface area contributed by atoms with Gasteiger partial charge in [0.15, 0.2) is 5.82 Å². The maximum Gasteiger partial charge on any atom is 0.160 e. The summed E-state index contributed by atoms with van der Waals surface area (Å²) in [4.78, 5) is 11.5. The molecule has 1 atom stereocenters. The lowest BCUT2D eigenvalue weighted by Gasteiger charge is -2.35. The topological polar surface area (TPSA) is 38.2 Å². The van der Waals surface area contributed by atoms with Crippen molar-refractivity contribution in [1.82, 2.24) is 14.9 Å². The normalized spacial score (nSPS) is 20.9. The van der Waals surface area contributed by atoms with Crippen molar-refractivity contribution in [3.05, 3.63) is 20.2 Å². The van der Waals surface area contributed by atoms with E-state index in [1.54, 1.807) is 0 Å². The second kappa shape index (κ2) is 6.85. The van der Waals surface area contributed by atoms with Gasteiger partial charge in [-0.25, -0.2) is 9.97 Å². The molecule has 0 spiro atoms. The molecular formula is C14H21ClIN3O. The Bertz CT molecular complexity index is 482. The Labute approximate surface area is 139 Å². The highest BCUT2D eigenvalue weighted by Crippen LogP contribution is 2.28. The quantitative estimate of drug-likeness (QED) is 0.564. The smallest absolute Gasteiger partial charge is 0.160 e. The highest BCUT2D eigenvalue weighted by molar-refractivity contribution is 14.1. The molecule has 2 heterocycles. The van der Waals surface area contributed by atoms with E-state index >= 15 is 0 Å². The predicted octanol–water partition coefficient (Wildman–Crippen LogP) is 3.64.